The molecule has 1 aromatic rings. The maximum absolute atomic E-state index is 8.60. The molecule has 1 rings (SSSR count). The van der Waals surface area contributed by atoms with Gasteiger partial charge in [0.05, 0.1) is 6.33 Å². The summed E-state index contributed by atoms with van der Waals surface area (Å²) in [6, 6.07) is 0. The second-order valence-corrected chi connectivity index (χ2v) is 4.55. The summed E-state index contributed by atoms with van der Waals surface area (Å²) in [6.07, 6.45) is 9.24. The normalized spacial score (nSPS) is 11.0. The molecule has 6 nitrogen and oxygen atoms in total. The highest BCUT2D eigenvalue weighted by atomic mass is 32.2. The Balaban J connectivity index is 2.24. The zero-order valence-corrected chi connectivity index (χ0v) is 11.3. The second-order valence-electron chi connectivity index (χ2n) is 3.57. The van der Waals surface area contributed by atoms with Crippen LogP contribution in [0.15, 0.2) is 17.5 Å². The average Bonchev–Trinajstić information content (AvgIpc) is 2.88. The summed E-state index contributed by atoms with van der Waals surface area (Å²) in [5, 5.41) is 14.2. The van der Waals surface area contributed by atoms with Crippen LogP contribution in [0.2, 0.25) is 0 Å². The number of H-pyrrole nitrogens is 1. The van der Waals surface area contributed by atoms with Crippen molar-refractivity contribution >= 4 is 17.7 Å². The Morgan fingerprint density at radius 1 is 1.67 bits per heavy atom. The van der Waals surface area contributed by atoms with E-state index in [1.54, 1.807) is 18.1 Å². The Kier molecular flexibility index (Phi) is 7.48. The maximum Gasteiger partial charge on any atom is 0.204 e. The molecule has 18 heavy (non-hydrogen) atoms. The Bertz CT molecular complexity index is 381. The molecule has 0 radical (unpaired) electrons. The molecule has 0 aromatic carbocycles. The van der Waals surface area contributed by atoms with E-state index < -0.39 is 0 Å². The van der Waals surface area contributed by atoms with Crippen LogP contribution in [0.4, 0.5) is 0 Å². The van der Waals surface area contributed by atoms with E-state index >= 15 is 0 Å². The number of hydrogen-bond donors (Lipinski definition) is 3. The van der Waals surface area contributed by atoms with Gasteiger partial charge in [-0.2, -0.15) is 17.0 Å². The van der Waals surface area contributed by atoms with Crippen molar-refractivity contribution < 1.29 is 0 Å². The van der Waals surface area contributed by atoms with E-state index in [1.165, 1.54) is 0 Å². The van der Waals surface area contributed by atoms with Gasteiger partial charge in [0.15, 0.2) is 6.19 Å². The van der Waals surface area contributed by atoms with Crippen molar-refractivity contribution in [3.63, 3.8) is 0 Å². The number of thioether (sulfide) groups is 1. The summed E-state index contributed by atoms with van der Waals surface area (Å²) in [6.45, 7) is 1.48. The molecule has 0 saturated carbocycles. The molecule has 7 heteroatoms. The molecule has 1 heterocycles. The number of hydrogen-bond acceptors (Lipinski definition) is 4. The monoisotopic (exact) mass is 266 g/mol. The van der Waals surface area contributed by atoms with E-state index in [9.17, 15) is 0 Å². The van der Waals surface area contributed by atoms with Crippen LogP contribution in [0.1, 0.15) is 12.1 Å². The standard InChI is InChI=1S/C11H18N6S/c1-18-6-5-15-11(16-8-12)14-4-2-3-10-7-13-9-17-10/h7,9H,2-6H2,1H3,(H,13,17)(H2,14,15,16). The minimum absolute atomic E-state index is 0.552. The molecule has 0 unspecified atom stereocenters. The van der Waals surface area contributed by atoms with Gasteiger partial charge in [-0.3, -0.25) is 10.3 Å². The topological polar surface area (TPSA) is 88.9 Å². The molecular weight excluding hydrogens is 248 g/mol. The zero-order chi connectivity index (χ0) is 13.1. The highest BCUT2D eigenvalue weighted by Crippen LogP contribution is 1.96. The third-order valence-corrected chi connectivity index (χ3v) is 2.81. The molecule has 0 bridgehead atoms. The van der Waals surface area contributed by atoms with Crippen LogP contribution in [-0.4, -0.2) is 41.0 Å². The van der Waals surface area contributed by atoms with Gasteiger partial charge in [0.25, 0.3) is 0 Å². The second kappa shape index (κ2) is 9.36. The van der Waals surface area contributed by atoms with Gasteiger partial charge in [-0.15, -0.1) is 0 Å². The van der Waals surface area contributed by atoms with Crippen LogP contribution in [0.3, 0.4) is 0 Å². The molecule has 0 atom stereocenters. The zero-order valence-electron chi connectivity index (χ0n) is 10.4. The quantitative estimate of drug-likeness (QED) is 0.222. The first-order valence-corrected chi connectivity index (χ1v) is 7.16. The van der Waals surface area contributed by atoms with Crippen molar-refractivity contribution in [2.45, 2.75) is 12.8 Å². The molecule has 0 aliphatic heterocycles. The molecule has 3 N–H and O–H groups in total. The molecule has 0 fully saturated rings. The lowest BCUT2D eigenvalue weighted by molar-refractivity contribution is 0.801. The number of aromatic nitrogens is 2. The van der Waals surface area contributed by atoms with E-state index in [0.29, 0.717) is 12.5 Å². The summed E-state index contributed by atoms with van der Waals surface area (Å²) in [7, 11) is 0. The van der Waals surface area contributed by atoms with Crippen molar-refractivity contribution in [1.82, 2.24) is 20.6 Å². The lowest BCUT2D eigenvalue weighted by atomic mass is 10.2. The van der Waals surface area contributed by atoms with E-state index in [-0.39, 0.29) is 0 Å². The van der Waals surface area contributed by atoms with Gasteiger partial charge in [-0.1, -0.05) is 0 Å². The Morgan fingerprint density at radius 3 is 3.22 bits per heavy atom. The van der Waals surface area contributed by atoms with E-state index in [0.717, 1.165) is 30.8 Å². The summed E-state index contributed by atoms with van der Waals surface area (Å²) in [5.41, 5.74) is 1.11. The third-order valence-electron chi connectivity index (χ3n) is 2.20. The molecule has 1 aromatic heterocycles. The highest BCUT2D eigenvalue weighted by Gasteiger charge is 1.97. The van der Waals surface area contributed by atoms with Crippen molar-refractivity contribution in [2.24, 2.45) is 4.99 Å². The van der Waals surface area contributed by atoms with Gasteiger partial charge < -0.3 is 10.3 Å². The number of nitriles is 1. The molecule has 0 aliphatic carbocycles. The summed E-state index contributed by atoms with van der Waals surface area (Å²) in [4.78, 5) is 11.3. The number of nitrogens with one attached hydrogen (secondary N) is 3. The van der Waals surface area contributed by atoms with Gasteiger partial charge in [0.2, 0.25) is 5.96 Å². The third kappa shape index (κ3) is 6.15. The Labute approximate surface area is 111 Å². The van der Waals surface area contributed by atoms with Crippen LogP contribution in [-0.2, 0) is 6.42 Å². The van der Waals surface area contributed by atoms with Crippen molar-refractivity contribution in [1.29, 1.82) is 5.26 Å². The lowest BCUT2D eigenvalue weighted by Crippen LogP contribution is -2.36. The van der Waals surface area contributed by atoms with Crippen LogP contribution in [0.5, 0.6) is 0 Å². The number of aromatic amines is 1. The van der Waals surface area contributed by atoms with Gasteiger partial charge in [0.1, 0.15) is 0 Å². The smallest absolute Gasteiger partial charge is 0.204 e. The van der Waals surface area contributed by atoms with Gasteiger partial charge in [0, 0.05) is 30.7 Å². The van der Waals surface area contributed by atoms with Crippen molar-refractivity contribution in [2.75, 3.05) is 25.1 Å². The number of rotatable bonds is 7. The number of guanidine groups is 1. The van der Waals surface area contributed by atoms with Crippen LogP contribution in [0.25, 0.3) is 0 Å². The van der Waals surface area contributed by atoms with Gasteiger partial charge in [-0.25, -0.2) is 4.98 Å². The van der Waals surface area contributed by atoms with E-state index in [4.69, 9.17) is 5.26 Å². The lowest BCUT2D eigenvalue weighted by Gasteiger charge is -2.06. The minimum Gasteiger partial charge on any atom is -0.355 e. The van der Waals surface area contributed by atoms with Crippen LogP contribution >= 0.6 is 11.8 Å². The van der Waals surface area contributed by atoms with Crippen molar-refractivity contribution in [3.05, 3.63) is 18.2 Å². The predicted octanol–water partition coefficient (Wildman–Crippen LogP) is 0.722. The Morgan fingerprint density at radius 2 is 2.56 bits per heavy atom. The maximum atomic E-state index is 8.60. The molecule has 0 saturated heterocycles. The first kappa shape index (κ1) is 14.4. The summed E-state index contributed by atoms with van der Waals surface area (Å²) < 4.78 is 0. The fourth-order valence-corrected chi connectivity index (χ4v) is 1.65. The number of aliphatic imine (C=N–C) groups is 1. The molecule has 0 amide bonds. The molecular formula is C11H18N6S. The minimum atomic E-state index is 0.552. The van der Waals surface area contributed by atoms with E-state index in [2.05, 4.69) is 25.6 Å². The molecule has 98 valence electrons. The number of nitrogens with zero attached hydrogens (tertiary/aromatic N) is 3. The number of aryl methyl sites for hydroxylation is 1. The summed E-state index contributed by atoms with van der Waals surface area (Å²) in [5.74, 6) is 1.54. The van der Waals surface area contributed by atoms with Gasteiger partial charge >= 0.3 is 0 Å². The first-order chi connectivity index (χ1) is 8.86. The number of imidazole rings is 1. The Hall–Kier alpha value is -1.68. The SMILES string of the molecule is CSCCNC(=NCCCc1cnc[nH]1)NC#N. The fraction of sp³-hybridized carbons (Fsp3) is 0.545. The first-order valence-electron chi connectivity index (χ1n) is 5.76. The van der Waals surface area contributed by atoms with E-state index in [1.807, 2.05) is 18.6 Å². The van der Waals surface area contributed by atoms with Crippen LogP contribution < -0.4 is 10.6 Å². The summed E-state index contributed by atoms with van der Waals surface area (Å²) >= 11 is 1.75. The molecule has 0 aliphatic rings. The molecule has 0 spiro atoms. The van der Waals surface area contributed by atoms with Crippen molar-refractivity contribution in [3.8, 4) is 6.19 Å². The van der Waals surface area contributed by atoms with Gasteiger partial charge in [-0.05, 0) is 19.1 Å². The highest BCUT2D eigenvalue weighted by molar-refractivity contribution is 7.98. The fourth-order valence-electron chi connectivity index (χ4n) is 1.35. The average molecular weight is 266 g/mol. The predicted molar refractivity (Wildman–Crippen MR) is 74.3 cm³/mol. The largest absolute Gasteiger partial charge is 0.355 e. The van der Waals surface area contributed by atoms with Crippen LogP contribution in [0, 0.1) is 11.5 Å².